The van der Waals surface area contributed by atoms with Crippen LogP contribution in [0.4, 0.5) is 11.4 Å². The molecule has 2 aliphatic rings. The largest absolute Gasteiger partial charge is 0.368 e. The van der Waals surface area contributed by atoms with Crippen molar-refractivity contribution in [3.8, 4) is 0 Å². The zero-order chi connectivity index (χ0) is 24.4. The number of carbonyl (C=O) groups is 1. The number of aryl methyl sites for hydroxylation is 1. The molecule has 2 aromatic carbocycles. The van der Waals surface area contributed by atoms with Gasteiger partial charge in [-0.15, -0.1) is 0 Å². The number of aromatic nitrogens is 1. The Morgan fingerprint density at radius 3 is 2.31 bits per heavy atom. The van der Waals surface area contributed by atoms with Gasteiger partial charge in [0.25, 0.3) is 5.91 Å². The van der Waals surface area contributed by atoms with Crippen molar-refractivity contribution in [2.24, 2.45) is 7.05 Å². The summed E-state index contributed by atoms with van der Waals surface area (Å²) in [6.07, 6.45) is 2.11. The first kappa shape index (κ1) is 23.8. The van der Waals surface area contributed by atoms with E-state index in [0.717, 1.165) is 68.8 Å². The molecule has 0 spiro atoms. The fourth-order valence-corrected chi connectivity index (χ4v) is 5.58. The minimum Gasteiger partial charge on any atom is -0.368 e. The Morgan fingerprint density at radius 1 is 0.914 bits per heavy atom. The van der Waals surface area contributed by atoms with Crippen LogP contribution in [-0.2, 0) is 13.6 Å². The molecular weight excluding hydrogens is 458 g/mol. The second-order valence-electron chi connectivity index (χ2n) is 9.69. The SMILES string of the molecule is C[C@@H]1CN(c2ccccc2)CCN1C(=O)c1cc(CN2CCN(c3ccccc3Cl)CC2)cn1C. The molecule has 6 nitrogen and oxygen atoms in total. The predicted molar refractivity (Wildman–Crippen MR) is 144 cm³/mol. The van der Waals surface area contributed by atoms with Crippen molar-refractivity contribution in [1.29, 1.82) is 0 Å². The predicted octanol–water partition coefficient (Wildman–Crippen LogP) is 4.35. The minimum atomic E-state index is 0.127. The molecule has 0 aliphatic carbocycles. The van der Waals surface area contributed by atoms with E-state index in [9.17, 15) is 4.79 Å². The van der Waals surface area contributed by atoms with Crippen LogP contribution in [0.25, 0.3) is 0 Å². The van der Waals surface area contributed by atoms with Crippen molar-refractivity contribution in [2.75, 3.05) is 55.6 Å². The molecule has 1 amide bonds. The van der Waals surface area contributed by atoms with Gasteiger partial charge in [-0.05, 0) is 42.8 Å². The van der Waals surface area contributed by atoms with Crippen molar-refractivity contribution in [1.82, 2.24) is 14.4 Å². The van der Waals surface area contributed by atoms with E-state index >= 15 is 0 Å². The number of piperazine rings is 2. The topological polar surface area (TPSA) is 35.0 Å². The summed E-state index contributed by atoms with van der Waals surface area (Å²) < 4.78 is 1.99. The Morgan fingerprint density at radius 2 is 1.60 bits per heavy atom. The highest BCUT2D eigenvalue weighted by Gasteiger charge is 2.30. The van der Waals surface area contributed by atoms with Gasteiger partial charge in [0.15, 0.2) is 0 Å². The van der Waals surface area contributed by atoms with E-state index in [1.807, 2.05) is 40.8 Å². The molecule has 0 N–H and O–H groups in total. The summed E-state index contributed by atoms with van der Waals surface area (Å²) in [5.74, 6) is 0.127. The number of nitrogens with zero attached hydrogens (tertiary/aromatic N) is 5. The highest BCUT2D eigenvalue weighted by atomic mass is 35.5. The van der Waals surface area contributed by atoms with E-state index in [4.69, 9.17) is 11.6 Å². The molecule has 0 bridgehead atoms. The Balaban J connectivity index is 1.18. The van der Waals surface area contributed by atoms with Gasteiger partial charge in [-0.2, -0.15) is 0 Å². The summed E-state index contributed by atoms with van der Waals surface area (Å²) in [7, 11) is 1.98. The number of rotatable bonds is 5. The van der Waals surface area contributed by atoms with Crippen LogP contribution in [0.3, 0.4) is 0 Å². The van der Waals surface area contributed by atoms with Gasteiger partial charge in [-0.1, -0.05) is 41.9 Å². The molecule has 7 heteroatoms. The van der Waals surface area contributed by atoms with Gasteiger partial charge in [0.1, 0.15) is 5.69 Å². The maximum atomic E-state index is 13.5. The number of hydrogen-bond acceptors (Lipinski definition) is 4. The quantitative estimate of drug-likeness (QED) is 0.531. The number of hydrogen-bond donors (Lipinski definition) is 0. The Kier molecular flexibility index (Phi) is 7.02. The van der Waals surface area contributed by atoms with Gasteiger partial charge in [0.05, 0.1) is 10.7 Å². The van der Waals surface area contributed by atoms with Gasteiger partial charge in [-0.3, -0.25) is 9.69 Å². The molecule has 3 heterocycles. The van der Waals surface area contributed by atoms with Crippen LogP contribution in [0.5, 0.6) is 0 Å². The molecule has 1 aromatic heterocycles. The number of carbonyl (C=O) groups excluding carboxylic acids is 1. The van der Waals surface area contributed by atoms with E-state index in [0.29, 0.717) is 0 Å². The van der Waals surface area contributed by atoms with Gasteiger partial charge in [-0.25, -0.2) is 0 Å². The van der Waals surface area contributed by atoms with E-state index in [2.05, 4.69) is 64.2 Å². The molecular formula is C28H34ClN5O. The van der Waals surface area contributed by atoms with Crippen LogP contribution in [0.2, 0.25) is 5.02 Å². The van der Waals surface area contributed by atoms with Crippen molar-refractivity contribution in [3.05, 3.63) is 83.1 Å². The first-order chi connectivity index (χ1) is 17.0. The highest BCUT2D eigenvalue weighted by molar-refractivity contribution is 6.33. The molecule has 0 unspecified atom stereocenters. The maximum Gasteiger partial charge on any atom is 0.270 e. The Labute approximate surface area is 213 Å². The lowest BCUT2D eigenvalue weighted by Gasteiger charge is -2.41. The molecule has 0 saturated carbocycles. The number of anilines is 2. The van der Waals surface area contributed by atoms with Gasteiger partial charge in [0.2, 0.25) is 0 Å². The van der Waals surface area contributed by atoms with Crippen LogP contribution in [0, 0.1) is 0 Å². The monoisotopic (exact) mass is 491 g/mol. The van der Waals surface area contributed by atoms with Crippen molar-refractivity contribution in [2.45, 2.75) is 19.5 Å². The second-order valence-corrected chi connectivity index (χ2v) is 10.1. The van der Waals surface area contributed by atoms with E-state index in [-0.39, 0.29) is 11.9 Å². The molecule has 1 atom stereocenters. The second kappa shape index (κ2) is 10.3. The van der Waals surface area contributed by atoms with Crippen molar-refractivity contribution in [3.63, 3.8) is 0 Å². The van der Waals surface area contributed by atoms with E-state index in [1.165, 1.54) is 11.3 Å². The normalized spacial score (nSPS) is 19.3. The average Bonchev–Trinajstić information content (AvgIpc) is 3.24. The van der Waals surface area contributed by atoms with Gasteiger partial charge >= 0.3 is 0 Å². The molecule has 0 radical (unpaired) electrons. The lowest BCUT2D eigenvalue weighted by molar-refractivity contribution is 0.0664. The van der Waals surface area contributed by atoms with Crippen LogP contribution in [-0.4, -0.2) is 72.1 Å². The van der Waals surface area contributed by atoms with E-state index in [1.54, 1.807) is 0 Å². The third-order valence-electron chi connectivity index (χ3n) is 7.26. The molecule has 2 saturated heterocycles. The molecule has 5 rings (SSSR count). The number of para-hydroxylation sites is 2. The summed E-state index contributed by atoms with van der Waals surface area (Å²) in [5.41, 5.74) is 4.30. The fraction of sp³-hybridized carbons (Fsp3) is 0.393. The van der Waals surface area contributed by atoms with Crippen LogP contribution in [0.15, 0.2) is 66.9 Å². The molecule has 2 aliphatic heterocycles. The van der Waals surface area contributed by atoms with Crippen LogP contribution >= 0.6 is 11.6 Å². The minimum absolute atomic E-state index is 0.127. The summed E-state index contributed by atoms with van der Waals surface area (Å²) in [4.78, 5) is 22.7. The van der Waals surface area contributed by atoms with Crippen LogP contribution < -0.4 is 9.80 Å². The zero-order valence-electron chi connectivity index (χ0n) is 20.6. The van der Waals surface area contributed by atoms with E-state index < -0.39 is 0 Å². The third kappa shape index (κ3) is 5.19. The molecule has 2 fully saturated rings. The number of benzene rings is 2. The summed E-state index contributed by atoms with van der Waals surface area (Å²) in [6.45, 7) is 9.29. The lowest BCUT2D eigenvalue weighted by Crippen LogP contribution is -2.54. The summed E-state index contributed by atoms with van der Waals surface area (Å²) >= 11 is 6.39. The van der Waals surface area contributed by atoms with Crippen molar-refractivity contribution < 1.29 is 4.79 Å². The first-order valence-corrected chi connectivity index (χ1v) is 12.9. The molecule has 35 heavy (non-hydrogen) atoms. The van der Waals surface area contributed by atoms with Gasteiger partial charge in [0, 0.05) is 77.3 Å². The number of amides is 1. The maximum absolute atomic E-state index is 13.5. The smallest absolute Gasteiger partial charge is 0.270 e. The Bertz CT molecular complexity index is 1160. The molecule has 184 valence electrons. The fourth-order valence-electron chi connectivity index (χ4n) is 5.33. The zero-order valence-corrected chi connectivity index (χ0v) is 21.4. The number of halogens is 1. The Hall–Kier alpha value is -2.96. The first-order valence-electron chi connectivity index (χ1n) is 12.5. The summed E-state index contributed by atoms with van der Waals surface area (Å²) in [6, 6.07) is 20.8. The van der Waals surface area contributed by atoms with Gasteiger partial charge < -0.3 is 19.3 Å². The lowest BCUT2D eigenvalue weighted by atomic mass is 10.1. The summed E-state index contributed by atoms with van der Waals surface area (Å²) in [5, 5.41) is 0.811. The van der Waals surface area contributed by atoms with Crippen molar-refractivity contribution >= 4 is 28.9 Å². The standard InChI is InChI=1S/C28H34ClN5O/c1-22-19-33(24-8-4-3-5-9-24)16-17-34(22)28(35)27-18-23(20-30(27)2)21-31-12-14-32(15-13-31)26-11-7-6-10-25(26)29/h3-11,18,20,22H,12-17,19,21H2,1-2H3/t22-/m1/s1. The molecule has 3 aromatic rings. The van der Waals surface area contributed by atoms with Crippen LogP contribution in [0.1, 0.15) is 23.0 Å². The highest BCUT2D eigenvalue weighted by Crippen LogP contribution is 2.26. The third-order valence-corrected chi connectivity index (χ3v) is 7.58. The average molecular weight is 492 g/mol.